The van der Waals surface area contributed by atoms with Crippen LogP contribution in [0.5, 0.6) is 0 Å². The maximum absolute atomic E-state index is 12.9. The van der Waals surface area contributed by atoms with Gasteiger partial charge in [-0.3, -0.25) is 14.4 Å². The third kappa shape index (κ3) is 60.0. The number of carbonyl (C=O) groups excluding carboxylic acids is 3. The molecule has 0 fully saturated rings. The van der Waals surface area contributed by atoms with Gasteiger partial charge in [-0.25, -0.2) is 0 Å². The van der Waals surface area contributed by atoms with Gasteiger partial charge in [0.15, 0.2) is 6.10 Å². The third-order valence-electron chi connectivity index (χ3n) is 14.2. The lowest BCUT2D eigenvalue weighted by atomic mass is 10.1. The third-order valence-corrected chi connectivity index (χ3v) is 14.2. The normalized spacial score (nSPS) is 12.4. The number of allylic oxidation sites excluding steroid dienone is 10. The Bertz CT molecular complexity index is 1330. The molecule has 0 bridgehead atoms. The van der Waals surface area contributed by atoms with Gasteiger partial charge >= 0.3 is 17.9 Å². The molecule has 0 aliphatic heterocycles. The fourth-order valence-corrected chi connectivity index (χ4v) is 9.32. The summed E-state index contributed by atoms with van der Waals surface area (Å²) in [5.41, 5.74) is 0. The van der Waals surface area contributed by atoms with Crippen molar-refractivity contribution in [3.8, 4) is 0 Å². The Morgan fingerprint density at radius 3 is 0.784 bits per heavy atom. The van der Waals surface area contributed by atoms with E-state index < -0.39 is 6.10 Å². The van der Waals surface area contributed by atoms with Gasteiger partial charge in [0, 0.05) is 19.3 Å². The molecule has 0 N–H and O–H groups in total. The fraction of sp³-hybridized carbons (Fsp3) is 0.809. The zero-order valence-electron chi connectivity index (χ0n) is 49.4. The molecule has 0 saturated carbocycles. The number of ether oxygens (including phenoxy) is 3. The van der Waals surface area contributed by atoms with Crippen molar-refractivity contribution in [1.82, 2.24) is 0 Å². The van der Waals surface area contributed by atoms with Crippen molar-refractivity contribution >= 4 is 17.9 Å². The van der Waals surface area contributed by atoms with Crippen molar-refractivity contribution in [1.29, 1.82) is 0 Å². The van der Waals surface area contributed by atoms with Crippen LogP contribution < -0.4 is 0 Å². The van der Waals surface area contributed by atoms with Gasteiger partial charge in [0.2, 0.25) is 0 Å². The topological polar surface area (TPSA) is 78.9 Å². The molecule has 0 rings (SSSR count). The Kier molecular flexibility index (Phi) is 60.2. The summed E-state index contributed by atoms with van der Waals surface area (Å²) in [5.74, 6) is -0.872. The van der Waals surface area contributed by atoms with Crippen LogP contribution in [0, 0.1) is 0 Å². The number of hydrogen-bond acceptors (Lipinski definition) is 6. The summed E-state index contributed by atoms with van der Waals surface area (Å²) in [6, 6.07) is 0. The summed E-state index contributed by atoms with van der Waals surface area (Å²) in [7, 11) is 0. The van der Waals surface area contributed by atoms with Gasteiger partial charge in [-0.15, -0.1) is 0 Å². The molecule has 0 saturated heterocycles. The summed E-state index contributed by atoms with van der Waals surface area (Å²) in [5, 5.41) is 0. The van der Waals surface area contributed by atoms with E-state index in [0.29, 0.717) is 19.3 Å². The largest absolute Gasteiger partial charge is 0.462 e. The van der Waals surface area contributed by atoms with Crippen LogP contribution in [0.3, 0.4) is 0 Å². The molecule has 6 heteroatoms. The van der Waals surface area contributed by atoms with Crippen LogP contribution >= 0.6 is 0 Å². The highest BCUT2D eigenvalue weighted by atomic mass is 16.6. The average Bonchev–Trinajstić information content (AvgIpc) is 3.40. The smallest absolute Gasteiger partial charge is 0.306 e. The monoisotopic (exact) mass is 1030 g/mol. The Labute approximate surface area is 460 Å². The van der Waals surface area contributed by atoms with Crippen molar-refractivity contribution in [2.24, 2.45) is 0 Å². The first-order valence-corrected chi connectivity index (χ1v) is 32.3. The number of rotatable bonds is 59. The van der Waals surface area contributed by atoms with Crippen LogP contribution in [-0.4, -0.2) is 37.2 Å². The quantitative estimate of drug-likeness (QED) is 0.0261. The minimum absolute atomic E-state index is 0.0777. The standard InChI is InChI=1S/C68H122O6/c1-4-7-10-13-16-19-22-25-28-31-34-37-40-43-46-49-52-55-58-61-67(70)73-64-65(63-72-66(69)60-57-54-51-48-45-42-39-36-33-30-27-24-21-18-15-12-9-6-3)74-68(71)62-59-56-53-50-47-44-41-38-35-32-29-26-23-20-17-14-11-8-5-2/h16-17,19-20,25-26,28-30,33,65H,4-15,18,21-24,27,31-32,34-64H2,1-3H3/b19-16-,20-17-,28-25-,29-26-,33-30-. The average molecular weight is 1040 g/mol. The van der Waals surface area contributed by atoms with E-state index in [9.17, 15) is 14.4 Å². The number of hydrogen-bond donors (Lipinski definition) is 0. The van der Waals surface area contributed by atoms with Crippen LogP contribution in [0.25, 0.3) is 0 Å². The molecule has 0 radical (unpaired) electrons. The molecule has 430 valence electrons. The summed E-state index contributed by atoms with van der Waals surface area (Å²) in [6.45, 7) is 6.62. The zero-order valence-corrected chi connectivity index (χ0v) is 49.4. The van der Waals surface area contributed by atoms with Gasteiger partial charge in [0.05, 0.1) is 0 Å². The lowest BCUT2D eigenvalue weighted by Crippen LogP contribution is -2.30. The highest BCUT2D eigenvalue weighted by molar-refractivity contribution is 5.71. The fourth-order valence-electron chi connectivity index (χ4n) is 9.32. The van der Waals surface area contributed by atoms with E-state index in [1.807, 2.05) is 0 Å². The minimum Gasteiger partial charge on any atom is -0.462 e. The summed E-state index contributed by atoms with van der Waals surface area (Å²) in [6.07, 6.45) is 79.3. The SMILES string of the molecule is CCCCC/C=C\C/C=C\CCCCCCCCCCCC(=O)OCC(COC(=O)CCCCCCCCC/C=C\CCCCCCCCC)OC(=O)CCCCCCCCCCC/C=C\C/C=C\CCCCC. The molecule has 1 unspecified atom stereocenters. The summed E-state index contributed by atoms with van der Waals surface area (Å²) >= 11 is 0. The second-order valence-corrected chi connectivity index (χ2v) is 21.7. The Balaban J connectivity index is 4.38. The molecule has 0 aliphatic carbocycles. The summed E-state index contributed by atoms with van der Waals surface area (Å²) < 4.78 is 17.0. The molecular formula is C68H122O6. The molecule has 0 aliphatic rings. The molecule has 0 aromatic carbocycles. The van der Waals surface area contributed by atoms with Crippen LogP contribution in [-0.2, 0) is 28.6 Å². The number of carbonyl (C=O) groups is 3. The lowest BCUT2D eigenvalue weighted by molar-refractivity contribution is -0.167. The Hall–Kier alpha value is -2.89. The highest BCUT2D eigenvalue weighted by Crippen LogP contribution is 2.16. The first-order chi connectivity index (χ1) is 36.5. The maximum atomic E-state index is 12.9. The van der Waals surface area contributed by atoms with Crippen molar-refractivity contribution in [2.45, 2.75) is 341 Å². The molecular weight excluding hydrogens is 913 g/mol. The number of esters is 3. The first-order valence-electron chi connectivity index (χ1n) is 32.3. The second-order valence-electron chi connectivity index (χ2n) is 21.7. The minimum atomic E-state index is -0.781. The number of unbranched alkanes of at least 4 members (excludes halogenated alkanes) is 38. The zero-order chi connectivity index (χ0) is 53.6. The van der Waals surface area contributed by atoms with Gasteiger partial charge in [0.25, 0.3) is 0 Å². The van der Waals surface area contributed by atoms with Gasteiger partial charge < -0.3 is 14.2 Å². The lowest BCUT2D eigenvalue weighted by Gasteiger charge is -2.18. The molecule has 0 aromatic rings. The molecule has 0 amide bonds. The Morgan fingerprint density at radius 1 is 0.270 bits per heavy atom. The Morgan fingerprint density at radius 2 is 0.486 bits per heavy atom. The molecule has 0 spiro atoms. The molecule has 6 nitrogen and oxygen atoms in total. The van der Waals surface area contributed by atoms with Crippen LogP contribution in [0.1, 0.15) is 335 Å². The highest BCUT2D eigenvalue weighted by Gasteiger charge is 2.19. The van der Waals surface area contributed by atoms with E-state index in [4.69, 9.17) is 14.2 Å². The van der Waals surface area contributed by atoms with E-state index in [-0.39, 0.29) is 31.1 Å². The van der Waals surface area contributed by atoms with Crippen molar-refractivity contribution in [3.63, 3.8) is 0 Å². The van der Waals surface area contributed by atoms with E-state index in [0.717, 1.165) is 70.6 Å². The molecule has 74 heavy (non-hydrogen) atoms. The molecule has 0 heterocycles. The van der Waals surface area contributed by atoms with Crippen LogP contribution in [0.4, 0.5) is 0 Å². The van der Waals surface area contributed by atoms with Crippen molar-refractivity contribution in [2.75, 3.05) is 13.2 Å². The van der Waals surface area contributed by atoms with E-state index in [1.165, 1.54) is 225 Å². The predicted molar refractivity (Wildman–Crippen MR) is 321 cm³/mol. The predicted octanol–water partition coefficient (Wildman–Crippen LogP) is 21.9. The van der Waals surface area contributed by atoms with E-state index in [2.05, 4.69) is 81.5 Å². The van der Waals surface area contributed by atoms with Gasteiger partial charge in [-0.2, -0.15) is 0 Å². The van der Waals surface area contributed by atoms with E-state index >= 15 is 0 Å². The van der Waals surface area contributed by atoms with Gasteiger partial charge in [-0.1, -0.05) is 268 Å². The molecule has 1 atom stereocenters. The molecule has 0 aromatic heterocycles. The first kappa shape index (κ1) is 71.1. The van der Waals surface area contributed by atoms with Crippen molar-refractivity contribution < 1.29 is 28.6 Å². The maximum Gasteiger partial charge on any atom is 0.306 e. The van der Waals surface area contributed by atoms with Crippen LogP contribution in [0.2, 0.25) is 0 Å². The van der Waals surface area contributed by atoms with Gasteiger partial charge in [0.1, 0.15) is 13.2 Å². The van der Waals surface area contributed by atoms with Crippen LogP contribution in [0.15, 0.2) is 60.8 Å². The second kappa shape index (κ2) is 62.6. The van der Waals surface area contributed by atoms with E-state index in [1.54, 1.807) is 0 Å². The van der Waals surface area contributed by atoms with Gasteiger partial charge in [-0.05, 0) is 109 Å². The van der Waals surface area contributed by atoms with Crippen molar-refractivity contribution in [3.05, 3.63) is 60.8 Å². The summed E-state index contributed by atoms with van der Waals surface area (Å²) in [4.78, 5) is 38.4.